The maximum atomic E-state index is 5.28. The molecule has 0 aromatic heterocycles. The zero-order valence-electron chi connectivity index (χ0n) is 12.3. The van der Waals surface area contributed by atoms with Gasteiger partial charge in [0.25, 0.3) is 0 Å². The van der Waals surface area contributed by atoms with Crippen molar-refractivity contribution in [2.45, 2.75) is 13.0 Å². The van der Waals surface area contributed by atoms with Crippen LogP contribution in [-0.2, 0) is 4.43 Å². The average molecular weight is 282 g/mol. The van der Waals surface area contributed by atoms with Crippen LogP contribution < -0.4 is 0 Å². The molecule has 0 radical (unpaired) electrons. The lowest BCUT2D eigenvalue weighted by Crippen LogP contribution is -1.95. The molecule has 2 heteroatoms. The fourth-order valence-electron chi connectivity index (χ4n) is 1.74. The van der Waals surface area contributed by atoms with Crippen LogP contribution >= 0.6 is 0 Å². The number of benzene rings is 2. The molecule has 0 amide bonds. The predicted molar refractivity (Wildman–Crippen MR) is 92.5 cm³/mol. The Morgan fingerprint density at radius 3 is 1.75 bits per heavy atom. The van der Waals surface area contributed by atoms with E-state index >= 15 is 0 Å². The Balaban J connectivity index is 0.000000200. The molecule has 1 unspecified atom stereocenters. The molecule has 0 N–H and O–H groups in total. The third-order valence-corrected chi connectivity index (χ3v) is 3.77. The highest BCUT2D eigenvalue weighted by Gasteiger charge is 1.98. The Hall–Kier alpha value is -1.90. The fraction of sp³-hybridized carbons (Fsp3) is 0.111. The van der Waals surface area contributed by atoms with Gasteiger partial charge in [0.05, 0.1) is 6.10 Å². The number of hydrogen-bond donors (Lipinski definition) is 0. The molecule has 0 spiro atoms. The summed E-state index contributed by atoms with van der Waals surface area (Å²) in [6.07, 6.45) is 3.93. The fourth-order valence-corrected chi connectivity index (χ4v) is 2.01. The highest BCUT2D eigenvalue weighted by molar-refractivity contribution is 5.98. The molecule has 0 fully saturated rings. The van der Waals surface area contributed by atoms with Gasteiger partial charge in [0.1, 0.15) is 10.5 Å². The van der Waals surface area contributed by atoms with Gasteiger partial charge >= 0.3 is 0 Å². The van der Waals surface area contributed by atoms with Crippen molar-refractivity contribution >= 4 is 22.6 Å². The lowest BCUT2D eigenvalue weighted by atomic mass is 10.1. The van der Waals surface area contributed by atoms with Crippen LogP contribution in [0.15, 0.2) is 67.8 Å². The highest BCUT2D eigenvalue weighted by Crippen LogP contribution is 2.13. The minimum absolute atomic E-state index is 0.271. The van der Waals surface area contributed by atoms with E-state index in [1.54, 1.807) is 0 Å². The summed E-state index contributed by atoms with van der Waals surface area (Å²) >= 11 is 0. The summed E-state index contributed by atoms with van der Waals surface area (Å²) in [6, 6.07) is 18.3. The second-order valence-electron chi connectivity index (χ2n) is 4.33. The third kappa shape index (κ3) is 5.00. The predicted octanol–water partition coefficient (Wildman–Crippen LogP) is 4.02. The van der Waals surface area contributed by atoms with E-state index in [4.69, 9.17) is 4.43 Å². The quantitative estimate of drug-likeness (QED) is 0.770. The van der Waals surface area contributed by atoms with Gasteiger partial charge in [0.2, 0.25) is 0 Å². The molecule has 0 saturated heterocycles. The molecular weight excluding hydrogens is 260 g/mol. The second-order valence-corrected chi connectivity index (χ2v) is 4.80. The molecule has 0 aliphatic rings. The molecule has 0 bridgehead atoms. The standard InChI is InChI=1S/C10H10.C8H12OSi/c1-3-9-7-5-6-8-10(9)4-2;1-7(9-10)8-5-3-2-4-6-8/h3-8H,1-2H2;2-7H,1,10H3. The molecule has 2 rings (SSSR count). The average Bonchev–Trinajstić information content (AvgIpc) is 2.55. The smallest absolute Gasteiger partial charge is 0.146 e. The van der Waals surface area contributed by atoms with Gasteiger partial charge in [0, 0.05) is 0 Å². The van der Waals surface area contributed by atoms with Crippen LogP contribution in [-0.4, -0.2) is 10.5 Å². The molecule has 1 nitrogen and oxygen atoms in total. The van der Waals surface area contributed by atoms with Crippen molar-refractivity contribution in [3.63, 3.8) is 0 Å². The van der Waals surface area contributed by atoms with Gasteiger partial charge in [-0.1, -0.05) is 79.9 Å². The number of rotatable bonds is 4. The van der Waals surface area contributed by atoms with Crippen molar-refractivity contribution in [1.29, 1.82) is 0 Å². The first-order valence-electron chi connectivity index (χ1n) is 6.64. The van der Waals surface area contributed by atoms with Crippen molar-refractivity contribution in [1.82, 2.24) is 0 Å². The summed E-state index contributed by atoms with van der Waals surface area (Å²) < 4.78 is 5.28. The summed E-state index contributed by atoms with van der Waals surface area (Å²) in [7, 11) is 0.808. The van der Waals surface area contributed by atoms with Crippen LogP contribution in [0.1, 0.15) is 29.7 Å². The molecule has 0 aliphatic heterocycles. The maximum Gasteiger partial charge on any atom is 0.146 e. The van der Waals surface area contributed by atoms with Crippen LogP contribution in [0.5, 0.6) is 0 Å². The van der Waals surface area contributed by atoms with Crippen molar-refractivity contribution in [3.8, 4) is 0 Å². The first kappa shape index (κ1) is 16.2. The minimum atomic E-state index is 0.271. The summed E-state index contributed by atoms with van der Waals surface area (Å²) in [6.45, 7) is 9.46. The molecule has 20 heavy (non-hydrogen) atoms. The van der Waals surface area contributed by atoms with Crippen LogP contribution in [0.4, 0.5) is 0 Å². The van der Waals surface area contributed by atoms with E-state index in [-0.39, 0.29) is 6.10 Å². The molecular formula is C18H22OSi. The van der Waals surface area contributed by atoms with E-state index in [2.05, 4.69) is 32.2 Å². The van der Waals surface area contributed by atoms with Crippen LogP contribution in [0.3, 0.4) is 0 Å². The summed E-state index contributed by atoms with van der Waals surface area (Å²) in [5.74, 6) is 0. The zero-order valence-corrected chi connectivity index (χ0v) is 14.3. The van der Waals surface area contributed by atoms with E-state index in [1.165, 1.54) is 5.56 Å². The first-order valence-corrected chi connectivity index (χ1v) is 7.46. The van der Waals surface area contributed by atoms with Crippen LogP contribution in [0.2, 0.25) is 0 Å². The first-order chi connectivity index (χ1) is 9.72. The van der Waals surface area contributed by atoms with E-state index < -0.39 is 0 Å². The highest BCUT2D eigenvalue weighted by atomic mass is 28.2. The van der Waals surface area contributed by atoms with E-state index in [9.17, 15) is 0 Å². The van der Waals surface area contributed by atoms with E-state index in [0.717, 1.165) is 21.6 Å². The lowest BCUT2D eigenvalue weighted by Gasteiger charge is -2.08. The molecule has 1 atom stereocenters. The Bertz CT molecular complexity index is 507. The molecule has 2 aromatic carbocycles. The zero-order chi connectivity index (χ0) is 14.8. The maximum absolute atomic E-state index is 5.28. The molecule has 0 saturated carbocycles. The third-order valence-electron chi connectivity index (χ3n) is 3.06. The summed E-state index contributed by atoms with van der Waals surface area (Å²) in [5.41, 5.74) is 3.53. The molecule has 0 aliphatic carbocycles. The van der Waals surface area contributed by atoms with Gasteiger partial charge in [-0.15, -0.1) is 0 Å². The van der Waals surface area contributed by atoms with Gasteiger partial charge in [-0.05, 0) is 23.6 Å². The van der Waals surface area contributed by atoms with Gasteiger partial charge < -0.3 is 4.43 Å². The van der Waals surface area contributed by atoms with Gasteiger partial charge in [-0.25, -0.2) is 0 Å². The van der Waals surface area contributed by atoms with Crippen molar-refractivity contribution < 1.29 is 4.43 Å². The lowest BCUT2D eigenvalue weighted by molar-refractivity contribution is 0.251. The molecule has 104 valence electrons. The van der Waals surface area contributed by atoms with Crippen LogP contribution in [0.25, 0.3) is 12.2 Å². The monoisotopic (exact) mass is 282 g/mol. The van der Waals surface area contributed by atoms with Crippen LogP contribution in [0, 0.1) is 0 Å². The normalized spacial score (nSPS) is 11.1. The minimum Gasteiger partial charge on any atom is -0.421 e. The summed E-state index contributed by atoms with van der Waals surface area (Å²) in [4.78, 5) is 0. The Morgan fingerprint density at radius 1 is 0.900 bits per heavy atom. The van der Waals surface area contributed by atoms with Crippen molar-refractivity contribution in [2.24, 2.45) is 0 Å². The Labute approximate surface area is 125 Å². The SMILES string of the molecule is C=Cc1ccccc1C=C.CC(O[SiH3])c1ccccc1. The molecule has 2 aromatic rings. The Morgan fingerprint density at radius 2 is 1.35 bits per heavy atom. The van der Waals surface area contributed by atoms with Crippen molar-refractivity contribution in [2.75, 3.05) is 0 Å². The van der Waals surface area contributed by atoms with Gasteiger partial charge in [-0.2, -0.15) is 0 Å². The second kappa shape index (κ2) is 9.07. The number of hydrogen-bond acceptors (Lipinski definition) is 1. The van der Waals surface area contributed by atoms with Gasteiger partial charge in [-0.3, -0.25) is 0 Å². The Kier molecular flexibility index (Phi) is 7.33. The van der Waals surface area contributed by atoms with E-state index in [1.807, 2.05) is 54.6 Å². The van der Waals surface area contributed by atoms with E-state index in [0.29, 0.717) is 0 Å². The van der Waals surface area contributed by atoms with Crippen molar-refractivity contribution in [3.05, 3.63) is 84.4 Å². The van der Waals surface area contributed by atoms with Gasteiger partial charge in [0.15, 0.2) is 0 Å². The summed E-state index contributed by atoms with van der Waals surface area (Å²) in [5, 5.41) is 0. The topological polar surface area (TPSA) is 9.23 Å². The largest absolute Gasteiger partial charge is 0.421 e. The molecule has 0 heterocycles.